The molecule has 9 nitrogen and oxygen atoms in total. The molecule has 0 saturated heterocycles. The number of hydrogen-bond donors (Lipinski definition) is 4. The Morgan fingerprint density at radius 2 is 1.72 bits per heavy atom. The van der Waals surface area contributed by atoms with E-state index < -0.39 is 0 Å². The molecule has 1 atom stereocenters. The first-order valence-corrected chi connectivity index (χ1v) is 8.66. The molecule has 5 N–H and O–H groups in total. The molecule has 0 spiro atoms. The van der Waals surface area contributed by atoms with E-state index in [9.17, 15) is 14.4 Å². The maximum Gasteiger partial charge on any atom is 0.245 e. The van der Waals surface area contributed by atoms with Crippen molar-refractivity contribution in [3.05, 3.63) is 0 Å². The number of carbonyl (C=O) groups excluding carboxylic acids is 3. The van der Waals surface area contributed by atoms with E-state index in [0.29, 0.717) is 45.8 Å². The minimum atomic E-state index is -0.366. The van der Waals surface area contributed by atoms with Crippen molar-refractivity contribution in [2.75, 3.05) is 46.6 Å². The van der Waals surface area contributed by atoms with E-state index >= 15 is 0 Å². The summed E-state index contributed by atoms with van der Waals surface area (Å²) in [6, 6.07) is -0.325. The maximum absolute atomic E-state index is 11.5. The Morgan fingerprint density at radius 1 is 1.04 bits per heavy atom. The Balaban J connectivity index is -0.00000158. The smallest absolute Gasteiger partial charge is 0.245 e. The van der Waals surface area contributed by atoms with Crippen molar-refractivity contribution in [3.63, 3.8) is 0 Å². The van der Waals surface area contributed by atoms with E-state index in [1.807, 2.05) is 0 Å². The number of rotatable bonds is 16. The van der Waals surface area contributed by atoms with E-state index in [-0.39, 0.29) is 30.4 Å². The highest BCUT2D eigenvalue weighted by atomic mass is 16.5. The van der Waals surface area contributed by atoms with Crippen molar-refractivity contribution >= 4 is 17.7 Å². The largest absolute Gasteiger partial charge is 0.377 e. The SMILES string of the molecule is CCC(=O)NCCOCCOCC(=O)NCCCCC(NC)C(N)=O.[2H][2H].[2H][2H]. The van der Waals surface area contributed by atoms with Crippen molar-refractivity contribution < 1.29 is 29.8 Å². The van der Waals surface area contributed by atoms with E-state index in [2.05, 4.69) is 16.0 Å². The standard InChI is InChI=1S/C16H32N4O5.2H2/c1-3-14(21)20-8-9-24-10-11-25-12-15(22)19-7-5-4-6-13(18-2)16(17)23;;/h13,18H,3-12H2,1-2H3,(H2,17,23)(H,19,22)(H,20,21);2*1H/i;2*1+1D. The molecule has 0 fully saturated rings. The molecule has 0 radical (unpaired) electrons. The van der Waals surface area contributed by atoms with Crippen LogP contribution in [0.25, 0.3) is 0 Å². The van der Waals surface area contributed by atoms with Gasteiger partial charge in [-0.05, 0) is 26.3 Å². The van der Waals surface area contributed by atoms with Gasteiger partial charge in [-0.15, -0.1) is 0 Å². The van der Waals surface area contributed by atoms with Crippen LogP contribution in [0.3, 0.4) is 0 Å². The van der Waals surface area contributed by atoms with Crippen LogP contribution in [0, 0.1) is 0 Å². The fourth-order valence-corrected chi connectivity index (χ4v) is 1.95. The number of ether oxygens (including phenoxy) is 2. The first-order chi connectivity index (χ1) is 14.0. The van der Waals surface area contributed by atoms with E-state index in [1.54, 1.807) is 14.0 Å². The summed E-state index contributed by atoms with van der Waals surface area (Å²) in [5, 5.41) is 8.29. The van der Waals surface area contributed by atoms with Gasteiger partial charge in [-0.2, -0.15) is 0 Å². The normalized spacial score (nSPS) is 12.4. The quantitative estimate of drug-likeness (QED) is 0.269. The van der Waals surface area contributed by atoms with Crippen molar-refractivity contribution in [3.8, 4) is 0 Å². The van der Waals surface area contributed by atoms with E-state index in [1.165, 1.54) is 0 Å². The molecule has 0 aromatic rings. The molecule has 0 aliphatic heterocycles. The van der Waals surface area contributed by atoms with Crippen molar-refractivity contribution in [2.45, 2.75) is 38.6 Å². The van der Waals surface area contributed by atoms with Gasteiger partial charge in [-0.25, -0.2) is 0 Å². The highest BCUT2D eigenvalue weighted by Gasteiger charge is 2.11. The Kier molecular flexibility index (Phi) is 12.4. The van der Waals surface area contributed by atoms with Crippen LogP contribution in [0.4, 0.5) is 0 Å². The van der Waals surface area contributed by atoms with Gasteiger partial charge in [0.2, 0.25) is 17.7 Å². The lowest BCUT2D eigenvalue weighted by atomic mass is 10.1. The average Bonchev–Trinajstić information content (AvgIpc) is 2.74. The Hall–Kier alpha value is -1.71. The Bertz CT molecular complexity index is 410. The average molecular weight is 369 g/mol. The first-order valence-electron chi connectivity index (χ1n) is 10.7. The third-order valence-electron chi connectivity index (χ3n) is 3.43. The molecule has 3 amide bonds. The molecule has 0 bridgehead atoms. The van der Waals surface area contributed by atoms with Gasteiger partial charge in [0.05, 0.1) is 25.9 Å². The monoisotopic (exact) mass is 368 g/mol. The van der Waals surface area contributed by atoms with Crippen LogP contribution in [0.5, 0.6) is 0 Å². The molecule has 0 aromatic carbocycles. The van der Waals surface area contributed by atoms with Crippen molar-refractivity contribution in [1.29, 1.82) is 0 Å². The number of likely N-dealkylation sites (N-methyl/N-ethyl adjacent to an activating group) is 1. The molecule has 1 unspecified atom stereocenters. The zero-order valence-electron chi connectivity index (χ0n) is 19.3. The second kappa shape index (κ2) is 15.8. The third-order valence-corrected chi connectivity index (χ3v) is 3.43. The van der Waals surface area contributed by atoms with E-state index in [0.717, 1.165) is 12.8 Å². The summed E-state index contributed by atoms with van der Waals surface area (Å²) in [7, 11) is 1.69. The minimum absolute atomic E-state index is 0.00683. The summed E-state index contributed by atoms with van der Waals surface area (Å²) < 4.78 is 30.5. The predicted octanol–water partition coefficient (Wildman–Crippen LogP) is -0.602. The number of primary amides is 1. The number of nitrogens with one attached hydrogen (secondary N) is 3. The predicted molar refractivity (Wildman–Crippen MR) is 98.1 cm³/mol. The summed E-state index contributed by atoms with van der Waals surface area (Å²) in [4.78, 5) is 33.5. The second-order valence-electron chi connectivity index (χ2n) is 5.46. The molecule has 0 saturated carbocycles. The number of carbonyl (C=O) groups is 3. The molecule has 25 heavy (non-hydrogen) atoms. The molecular formula is C16H36N4O5. The molecule has 0 aliphatic carbocycles. The van der Waals surface area contributed by atoms with Gasteiger partial charge in [-0.1, -0.05) is 6.92 Å². The summed E-state index contributed by atoms with van der Waals surface area (Å²) in [5.74, 6) is -0.558. The minimum Gasteiger partial charge on any atom is -0.377 e. The van der Waals surface area contributed by atoms with Crippen LogP contribution >= 0.6 is 0 Å². The zero-order chi connectivity index (χ0) is 22.9. The lowest BCUT2D eigenvalue weighted by Crippen LogP contribution is -2.39. The second-order valence-corrected chi connectivity index (χ2v) is 5.46. The van der Waals surface area contributed by atoms with Crippen LogP contribution in [-0.4, -0.2) is 70.3 Å². The maximum atomic E-state index is 11.5. The molecular weight excluding hydrogens is 328 g/mol. The van der Waals surface area contributed by atoms with Crippen LogP contribution < -0.4 is 21.7 Å². The number of amides is 3. The molecule has 150 valence electrons. The number of unbranched alkanes of at least 4 members (excludes halogenated alkanes) is 1. The summed E-state index contributed by atoms with van der Waals surface area (Å²) in [6.45, 7) is 3.87. The van der Waals surface area contributed by atoms with Gasteiger partial charge in [0.1, 0.15) is 6.61 Å². The van der Waals surface area contributed by atoms with Gasteiger partial charge in [0, 0.05) is 25.4 Å². The van der Waals surface area contributed by atoms with Crippen LogP contribution in [0.2, 0.25) is 0 Å². The lowest BCUT2D eigenvalue weighted by molar-refractivity contribution is -0.126. The zero-order valence-corrected chi connectivity index (χ0v) is 15.3. The Morgan fingerprint density at radius 3 is 2.36 bits per heavy atom. The van der Waals surface area contributed by atoms with Gasteiger partial charge < -0.3 is 31.2 Å². The van der Waals surface area contributed by atoms with Crippen molar-refractivity contribution in [1.82, 2.24) is 16.0 Å². The molecule has 0 heterocycles. The third kappa shape index (κ3) is 14.3. The van der Waals surface area contributed by atoms with Crippen LogP contribution in [0.15, 0.2) is 0 Å². The van der Waals surface area contributed by atoms with Gasteiger partial charge in [0.15, 0.2) is 0 Å². The highest BCUT2D eigenvalue weighted by Crippen LogP contribution is 1.99. The van der Waals surface area contributed by atoms with Crippen LogP contribution in [-0.2, 0) is 23.9 Å². The molecule has 0 rings (SSSR count). The van der Waals surface area contributed by atoms with Crippen LogP contribution in [0.1, 0.15) is 38.5 Å². The van der Waals surface area contributed by atoms with Gasteiger partial charge in [-0.3, -0.25) is 14.4 Å². The van der Waals surface area contributed by atoms with E-state index in [4.69, 9.17) is 21.1 Å². The van der Waals surface area contributed by atoms with Gasteiger partial charge >= 0.3 is 0 Å². The fraction of sp³-hybridized carbons (Fsp3) is 0.812. The highest BCUT2D eigenvalue weighted by molar-refractivity contribution is 5.79. The topological polar surface area (TPSA) is 132 Å². The number of nitrogens with two attached hydrogens (primary N) is 1. The first kappa shape index (κ1) is 19.6. The van der Waals surface area contributed by atoms with Crippen molar-refractivity contribution in [2.24, 2.45) is 5.73 Å². The molecule has 0 aromatic heterocycles. The lowest BCUT2D eigenvalue weighted by Gasteiger charge is -2.11. The fourth-order valence-electron chi connectivity index (χ4n) is 1.95. The summed E-state index contributed by atoms with van der Waals surface area (Å²) >= 11 is 0. The molecule has 0 aliphatic rings. The Labute approximate surface area is 155 Å². The summed E-state index contributed by atoms with van der Waals surface area (Å²) in [5.41, 5.74) is 5.22. The number of hydrogen-bond acceptors (Lipinski definition) is 6. The summed E-state index contributed by atoms with van der Waals surface area (Å²) in [6.07, 6.45) is 2.66. The molecule has 9 heteroatoms. The van der Waals surface area contributed by atoms with Gasteiger partial charge in [0.25, 0.3) is 0 Å².